The number of nitrogens with one attached hydrogen (secondary N) is 1. The van der Waals surface area contributed by atoms with Gasteiger partial charge in [-0.05, 0) is 13.8 Å². The normalized spacial score (nSPS) is 19.7. The van der Waals surface area contributed by atoms with Gasteiger partial charge in [0.2, 0.25) is 0 Å². The van der Waals surface area contributed by atoms with Crippen LogP contribution in [-0.2, 0) is 11.3 Å². The zero-order chi connectivity index (χ0) is 10.8. The van der Waals surface area contributed by atoms with Crippen LogP contribution in [0.4, 0.5) is 0 Å². The van der Waals surface area contributed by atoms with E-state index in [-0.39, 0.29) is 12.0 Å². The van der Waals surface area contributed by atoms with E-state index >= 15 is 0 Å². The van der Waals surface area contributed by atoms with Crippen LogP contribution in [0, 0.1) is 0 Å². The van der Waals surface area contributed by atoms with Crippen LogP contribution in [0.15, 0.2) is 6.20 Å². The minimum absolute atomic E-state index is 0.196. The third-order valence-corrected chi connectivity index (χ3v) is 2.48. The fraction of sp³-hybridized carbons (Fsp3) is 0.600. The predicted octanol–water partition coefficient (Wildman–Crippen LogP) is 0.724. The molecule has 0 fully saturated rings. The van der Waals surface area contributed by atoms with Crippen molar-refractivity contribution in [2.24, 2.45) is 0 Å². The molecule has 0 saturated carbocycles. The molecule has 2 heterocycles. The minimum Gasteiger partial charge on any atom is -0.461 e. The van der Waals surface area contributed by atoms with E-state index in [0.29, 0.717) is 12.3 Å². The second-order valence-corrected chi connectivity index (χ2v) is 3.57. The Kier molecular flexibility index (Phi) is 2.73. The standard InChI is InChI=1S/C10H15N3O2/c1-3-15-10(14)8-6-13-5-4-11-7(2)9(13)12-8/h6-7,11H,3-5H2,1-2H3. The van der Waals surface area contributed by atoms with Crippen LogP contribution < -0.4 is 5.32 Å². The molecule has 0 saturated heterocycles. The van der Waals surface area contributed by atoms with E-state index in [9.17, 15) is 4.79 Å². The summed E-state index contributed by atoms with van der Waals surface area (Å²) in [5, 5.41) is 3.29. The van der Waals surface area contributed by atoms with Crippen molar-refractivity contribution >= 4 is 5.97 Å². The number of fused-ring (bicyclic) bond motifs is 1. The number of nitrogens with zero attached hydrogens (tertiary/aromatic N) is 2. The monoisotopic (exact) mass is 209 g/mol. The highest BCUT2D eigenvalue weighted by Gasteiger charge is 2.21. The van der Waals surface area contributed by atoms with Gasteiger partial charge in [-0.15, -0.1) is 0 Å². The van der Waals surface area contributed by atoms with Gasteiger partial charge in [0.05, 0.1) is 12.6 Å². The quantitative estimate of drug-likeness (QED) is 0.729. The lowest BCUT2D eigenvalue weighted by Crippen LogP contribution is -2.31. The van der Waals surface area contributed by atoms with Crippen LogP contribution in [-0.4, -0.2) is 28.7 Å². The van der Waals surface area contributed by atoms with E-state index in [1.165, 1.54) is 0 Å². The van der Waals surface area contributed by atoms with E-state index < -0.39 is 0 Å². The summed E-state index contributed by atoms with van der Waals surface area (Å²) in [5.41, 5.74) is 0.405. The number of carbonyl (C=O) groups is 1. The Bertz CT molecular complexity index is 373. The number of esters is 1. The van der Waals surface area contributed by atoms with E-state index in [1.807, 2.05) is 11.5 Å². The topological polar surface area (TPSA) is 56.2 Å². The molecule has 15 heavy (non-hydrogen) atoms. The molecule has 5 heteroatoms. The van der Waals surface area contributed by atoms with Gasteiger partial charge < -0.3 is 14.6 Å². The first-order valence-electron chi connectivity index (χ1n) is 5.20. The van der Waals surface area contributed by atoms with Gasteiger partial charge in [-0.25, -0.2) is 9.78 Å². The molecular formula is C10H15N3O2. The molecule has 1 aliphatic heterocycles. The van der Waals surface area contributed by atoms with Crippen LogP contribution >= 0.6 is 0 Å². The van der Waals surface area contributed by atoms with Gasteiger partial charge in [-0.3, -0.25) is 0 Å². The van der Waals surface area contributed by atoms with Gasteiger partial charge in [0.25, 0.3) is 0 Å². The lowest BCUT2D eigenvalue weighted by molar-refractivity contribution is 0.0520. The summed E-state index contributed by atoms with van der Waals surface area (Å²) in [5.74, 6) is 0.566. The van der Waals surface area contributed by atoms with Crippen molar-refractivity contribution in [2.45, 2.75) is 26.4 Å². The van der Waals surface area contributed by atoms with Gasteiger partial charge in [-0.1, -0.05) is 0 Å². The van der Waals surface area contributed by atoms with Crippen molar-refractivity contribution in [3.05, 3.63) is 17.7 Å². The Morgan fingerprint density at radius 1 is 1.80 bits per heavy atom. The highest BCUT2D eigenvalue weighted by Crippen LogP contribution is 2.16. The molecule has 5 nitrogen and oxygen atoms in total. The molecule has 0 aliphatic carbocycles. The third kappa shape index (κ3) is 1.87. The summed E-state index contributed by atoms with van der Waals surface area (Å²) in [6.45, 7) is 5.97. The van der Waals surface area contributed by atoms with Crippen molar-refractivity contribution in [3.8, 4) is 0 Å². The number of hydrogen-bond acceptors (Lipinski definition) is 4. The van der Waals surface area contributed by atoms with Crippen molar-refractivity contribution in [2.75, 3.05) is 13.2 Å². The van der Waals surface area contributed by atoms with Gasteiger partial charge in [-0.2, -0.15) is 0 Å². The summed E-state index contributed by atoms with van der Waals surface area (Å²) < 4.78 is 6.91. The highest BCUT2D eigenvalue weighted by molar-refractivity contribution is 5.87. The number of hydrogen-bond donors (Lipinski definition) is 1. The molecule has 0 radical (unpaired) electrons. The maximum absolute atomic E-state index is 11.5. The maximum atomic E-state index is 11.5. The molecule has 0 spiro atoms. The molecule has 1 aromatic rings. The predicted molar refractivity (Wildman–Crippen MR) is 54.6 cm³/mol. The number of ether oxygens (including phenoxy) is 1. The number of imidazole rings is 1. The van der Waals surface area contributed by atoms with Gasteiger partial charge in [0.1, 0.15) is 5.82 Å². The Labute approximate surface area is 88.4 Å². The number of carbonyl (C=O) groups excluding carboxylic acids is 1. The second kappa shape index (κ2) is 4.02. The Morgan fingerprint density at radius 2 is 2.60 bits per heavy atom. The Balaban J connectivity index is 2.25. The van der Waals surface area contributed by atoms with E-state index in [2.05, 4.69) is 10.3 Å². The molecule has 1 unspecified atom stereocenters. The summed E-state index contributed by atoms with van der Waals surface area (Å²) >= 11 is 0. The zero-order valence-electron chi connectivity index (χ0n) is 8.99. The van der Waals surface area contributed by atoms with Crippen LogP contribution in [0.5, 0.6) is 0 Å². The van der Waals surface area contributed by atoms with Crippen LogP contribution in [0.3, 0.4) is 0 Å². The molecule has 1 aliphatic rings. The first kappa shape index (κ1) is 10.2. The van der Waals surface area contributed by atoms with E-state index in [1.54, 1.807) is 13.1 Å². The molecule has 2 rings (SSSR count). The van der Waals surface area contributed by atoms with Gasteiger partial charge >= 0.3 is 5.97 Å². The third-order valence-electron chi connectivity index (χ3n) is 2.48. The van der Waals surface area contributed by atoms with Crippen LogP contribution in [0.1, 0.15) is 36.2 Å². The van der Waals surface area contributed by atoms with E-state index in [4.69, 9.17) is 4.74 Å². The Hall–Kier alpha value is -1.36. The summed E-state index contributed by atoms with van der Waals surface area (Å²) in [6.07, 6.45) is 1.77. The van der Waals surface area contributed by atoms with E-state index in [0.717, 1.165) is 18.9 Å². The van der Waals surface area contributed by atoms with Crippen molar-refractivity contribution in [1.29, 1.82) is 0 Å². The zero-order valence-corrected chi connectivity index (χ0v) is 8.99. The molecule has 1 N–H and O–H groups in total. The molecule has 1 aromatic heterocycles. The molecule has 0 aromatic carbocycles. The highest BCUT2D eigenvalue weighted by atomic mass is 16.5. The Morgan fingerprint density at radius 3 is 3.27 bits per heavy atom. The van der Waals surface area contributed by atoms with Crippen LogP contribution in [0.2, 0.25) is 0 Å². The fourth-order valence-corrected chi connectivity index (χ4v) is 1.75. The van der Waals surface area contributed by atoms with Crippen LogP contribution in [0.25, 0.3) is 0 Å². The van der Waals surface area contributed by atoms with Crippen molar-refractivity contribution < 1.29 is 9.53 Å². The molecular weight excluding hydrogens is 194 g/mol. The van der Waals surface area contributed by atoms with Crippen molar-refractivity contribution in [3.63, 3.8) is 0 Å². The molecule has 1 atom stereocenters. The largest absolute Gasteiger partial charge is 0.461 e. The smallest absolute Gasteiger partial charge is 0.358 e. The summed E-state index contributed by atoms with van der Waals surface area (Å²) in [6, 6.07) is 0.196. The summed E-state index contributed by atoms with van der Waals surface area (Å²) in [7, 11) is 0. The van der Waals surface area contributed by atoms with Crippen molar-refractivity contribution in [1.82, 2.24) is 14.9 Å². The average molecular weight is 209 g/mol. The minimum atomic E-state index is -0.341. The lowest BCUT2D eigenvalue weighted by Gasteiger charge is -2.21. The van der Waals surface area contributed by atoms with Gasteiger partial charge in [0.15, 0.2) is 5.69 Å². The molecule has 0 amide bonds. The lowest BCUT2D eigenvalue weighted by atomic mass is 10.2. The molecule has 0 bridgehead atoms. The SMILES string of the molecule is CCOC(=O)c1cn2c(n1)C(C)NCC2. The number of rotatable bonds is 2. The molecule has 82 valence electrons. The number of aromatic nitrogens is 2. The summed E-state index contributed by atoms with van der Waals surface area (Å²) in [4.78, 5) is 15.7. The maximum Gasteiger partial charge on any atom is 0.358 e. The second-order valence-electron chi connectivity index (χ2n) is 3.57. The fourth-order valence-electron chi connectivity index (χ4n) is 1.75. The van der Waals surface area contributed by atoms with Gasteiger partial charge in [0, 0.05) is 19.3 Å². The first-order chi connectivity index (χ1) is 7.22. The average Bonchev–Trinajstić information content (AvgIpc) is 2.63. The first-order valence-corrected chi connectivity index (χ1v) is 5.20.